The van der Waals surface area contributed by atoms with E-state index in [1.54, 1.807) is 0 Å². The summed E-state index contributed by atoms with van der Waals surface area (Å²) in [6.07, 6.45) is 2.35. The standard InChI is InChI=1S/C19H27NO4/c1-14-5-3-7-17(15(14)2)22-10-8-18(21)20-9-4-6-16(13-20)19-23-11-12-24-19/h3,5,7,16,19H,4,6,8-13H2,1-2H3. The summed E-state index contributed by atoms with van der Waals surface area (Å²) >= 11 is 0. The van der Waals surface area contributed by atoms with Gasteiger partial charge in [0.2, 0.25) is 5.91 Å². The Morgan fingerprint density at radius 3 is 2.88 bits per heavy atom. The highest BCUT2D eigenvalue weighted by Gasteiger charge is 2.32. The van der Waals surface area contributed by atoms with Gasteiger partial charge in [-0.1, -0.05) is 12.1 Å². The first kappa shape index (κ1) is 17.2. The minimum absolute atomic E-state index is 0.133. The van der Waals surface area contributed by atoms with E-state index in [2.05, 4.69) is 13.0 Å². The Morgan fingerprint density at radius 1 is 1.29 bits per heavy atom. The molecule has 1 unspecified atom stereocenters. The first-order chi connectivity index (χ1) is 11.6. The number of carbonyl (C=O) groups excluding carboxylic acids is 1. The zero-order valence-corrected chi connectivity index (χ0v) is 14.6. The molecule has 0 N–H and O–H groups in total. The topological polar surface area (TPSA) is 48.0 Å². The number of likely N-dealkylation sites (tertiary alicyclic amines) is 1. The summed E-state index contributed by atoms with van der Waals surface area (Å²) in [5, 5.41) is 0. The van der Waals surface area contributed by atoms with Gasteiger partial charge in [0.15, 0.2) is 6.29 Å². The summed E-state index contributed by atoms with van der Waals surface area (Å²) in [6.45, 7) is 7.41. The van der Waals surface area contributed by atoms with Crippen molar-refractivity contribution in [3.63, 3.8) is 0 Å². The number of benzene rings is 1. The predicted octanol–water partition coefficient (Wildman–Crippen LogP) is 2.68. The van der Waals surface area contributed by atoms with Crippen molar-refractivity contribution in [1.29, 1.82) is 0 Å². The Bertz CT molecular complexity index is 568. The number of nitrogens with zero attached hydrogens (tertiary/aromatic N) is 1. The Labute approximate surface area is 143 Å². The summed E-state index contributed by atoms with van der Waals surface area (Å²) in [6, 6.07) is 6.00. The Morgan fingerprint density at radius 2 is 2.08 bits per heavy atom. The van der Waals surface area contributed by atoms with Crippen LogP contribution in [0.5, 0.6) is 5.75 Å². The molecule has 1 aromatic carbocycles. The van der Waals surface area contributed by atoms with E-state index >= 15 is 0 Å². The van der Waals surface area contributed by atoms with Crippen molar-refractivity contribution in [2.75, 3.05) is 32.9 Å². The summed E-state index contributed by atoms with van der Waals surface area (Å²) in [5.41, 5.74) is 2.34. The third-order valence-electron chi connectivity index (χ3n) is 4.97. The van der Waals surface area contributed by atoms with Crippen LogP contribution in [-0.2, 0) is 14.3 Å². The molecule has 2 aliphatic heterocycles. The molecule has 1 atom stereocenters. The zero-order valence-electron chi connectivity index (χ0n) is 14.6. The van der Waals surface area contributed by atoms with E-state index in [0.29, 0.717) is 32.2 Å². The molecule has 5 heteroatoms. The molecule has 0 radical (unpaired) electrons. The summed E-state index contributed by atoms with van der Waals surface area (Å²) in [7, 11) is 0. The van der Waals surface area contributed by atoms with Crippen LogP contribution in [-0.4, -0.2) is 50.0 Å². The smallest absolute Gasteiger partial charge is 0.226 e. The summed E-state index contributed by atoms with van der Waals surface area (Å²) in [5.74, 6) is 1.32. The van der Waals surface area contributed by atoms with Crippen LogP contribution in [0.3, 0.4) is 0 Å². The van der Waals surface area contributed by atoms with E-state index in [-0.39, 0.29) is 12.2 Å². The van der Waals surface area contributed by atoms with Gasteiger partial charge in [0.05, 0.1) is 26.2 Å². The van der Waals surface area contributed by atoms with Crippen LogP contribution >= 0.6 is 0 Å². The molecule has 0 bridgehead atoms. The molecule has 2 fully saturated rings. The van der Waals surface area contributed by atoms with E-state index in [1.165, 1.54) is 5.56 Å². The lowest BCUT2D eigenvalue weighted by molar-refractivity contribution is -0.139. The molecule has 0 aromatic heterocycles. The normalized spacial score (nSPS) is 21.9. The highest BCUT2D eigenvalue weighted by atomic mass is 16.7. The number of hydrogen-bond donors (Lipinski definition) is 0. The van der Waals surface area contributed by atoms with Gasteiger partial charge in [0.25, 0.3) is 0 Å². The van der Waals surface area contributed by atoms with Gasteiger partial charge >= 0.3 is 0 Å². The highest BCUT2D eigenvalue weighted by Crippen LogP contribution is 2.25. The van der Waals surface area contributed by atoms with Crippen LogP contribution < -0.4 is 4.74 Å². The fourth-order valence-electron chi connectivity index (χ4n) is 3.39. The molecule has 132 valence electrons. The number of rotatable bonds is 5. The van der Waals surface area contributed by atoms with Gasteiger partial charge in [0.1, 0.15) is 5.75 Å². The fourth-order valence-corrected chi connectivity index (χ4v) is 3.39. The molecular formula is C19H27NO4. The fraction of sp³-hybridized carbons (Fsp3) is 0.632. The number of aryl methyl sites for hydroxylation is 1. The Kier molecular flexibility index (Phi) is 5.74. The van der Waals surface area contributed by atoms with Crippen LogP contribution in [0.2, 0.25) is 0 Å². The Balaban J connectivity index is 1.47. The van der Waals surface area contributed by atoms with Crippen LogP contribution in [0.25, 0.3) is 0 Å². The van der Waals surface area contributed by atoms with E-state index < -0.39 is 0 Å². The minimum Gasteiger partial charge on any atom is -0.493 e. The van der Waals surface area contributed by atoms with Gasteiger partial charge in [-0.2, -0.15) is 0 Å². The molecule has 1 aromatic rings. The lowest BCUT2D eigenvalue weighted by Crippen LogP contribution is -2.44. The highest BCUT2D eigenvalue weighted by molar-refractivity contribution is 5.76. The quantitative estimate of drug-likeness (QED) is 0.831. The lowest BCUT2D eigenvalue weighted by atomic mass is 9.97. The molecule has 3 rings (SSSR count). The summed E-state index contributed by atoms with van der Waals surface area (Å²) < 4.78 is 17.0. The lowest BCUT2D eigenvalue weighted by Gasteiger charge is -2.34. The molecule has 24 heavy (non-hydrogen) atoms. The van der Waals surface area contributed by atoms with Gasteiger partial charge in [-0.25, -0.2) is 0 Å². The van der Waals surface area contributed by atoms with Crippen molar-refractivity contribution < 1.29 is 19.0 Å². The molecule has 2 aliphatic rings. The van der Waals surface area contributed by atoms with Gasteiger partial charge in [-0.05, 0) is 43.9 Å². The van der Waals surface area contributed by atoms with Crippen LogP contribution in [0, 0.1) is 19.8 Å². The van der Waals surface area contributed by atoms with E-state index in [1.807, 2.05) is 24.0 Å². The zero-order chi connectivity index (χ0) is 16.9. The molecule has 2 heterocycles. The number of carbonyl (C=O) groups is 1. The maximum Gasteiger partial charge on any atom is 0.226 e. The van der Waals surface area contributed by atoms with E-state index in [9.17, 15) is 4.79 Å². The number of amides is 1. The molecule has 0 aliphatic carbocycles. The largest absolute Gasteiger partial charge is 0.493 e. The Hall–Kier alpha value is -1.59. The van der Waals surface area contributed by atoms with Crippen molar-refractivity contribution in [3.05, 3.63) is 29.3 Å². The summed E-state index contributed by atoms with van der Waals surface area (Å²) in [4.78, 5) is 14.4. The van der Waals surface area contributed by atoms with Crippen molar-refractivity contribution in [2.24, 2.45) is 5.92 Å². The number of hydrogen-bond acceptors (Lipinski definition) is 4. The third kappa shape index (κ3) is 4.08. The monoisotopic (exact) mass is 333 g/mol. The second-order valence-electron chi connectivity index (χ2n) is 6.65. The van der Waals surface area contributed by atoms with Crippen LogP contribution in [0.4, 0.5) is 0 Å². The molecular weight excluding hydrogens is 306 g/mol. The van der Waals surface area contributed by atoms with E-state index in [0.717, 1.165) is 37.2 Å². The van der Waals surface area contributed by atoms with Crippen LogP contribution in [0.1, 0.15) is 30.4 Å². The van der Waals surface area contributed by atoms with Gasteiger partial charge in [0, 0.05) is 19.0 Å². The number of ether oxygens (including phenoxy) is 3. The van der Waals surface area contributed by atoms with Gasteiger partial charge in [-0.15, -0.1) is 0 Å². The maximum atomic E-state index is 12.5. The first-order valence-electron chi connectivity index (χ1n) is 8.85. The average molecular weight is 333 g/mol. The predicted molar refractivity (Wildman–Crippen MR) is 91.0 cm³/mol. The van der Waals surface area contributed by atoms with Gasteiger partial charge < -0.3 is 19.1 Å². The third-order valence-corrected chi connectivity index (χ3v) is 4.97. The average Bonchev–Trinajstić information content (AvgIpc) is 3.13. The SMILES string of the molecule is Cc1cccc(OCCC(=O)N2CCCC(C3OCCO3)C2)c1C. The van der Waals surface area contributed by atoms with Gasteiger partial charge in [-0.3, -0.25) is 4.79 Å². The second-order valence-corrected chi connectivity index (χ2v) is 6.65. The van der Waals surface area contributed by atoms with Crippen molar-refractivity contribution in [3.8, 4) is 5.75 Å². The minimum atomic E-state index is -0.133. The number of piperidine rings is 1. The maximum absolute atomic E-state index is 12.5. The van der Waals surface area contributed by atoms with Crippen molar-refractivity contribution in [2.45, 2.75) is 39.4 Å². The van der Waals surface area contributed by atoms with Crippen molar-refractivity contribution >= 4 is 5.91 Å². The van der Waals surface area contributed by atoms with Crippen molar-refractivity contribution in [1.82, 2.24) is 4.90 Å². The molecule has 1 amide bonds. The molecule has 5 nitrogen and oxygen atoms in total. The van der Waals surface area contributed by atoms with Crippen LogP contribution in [0.15, 0.2) is 18.2 Å². The molecule has 0 saturated carbocycles. The molecule has 2 saturated heterocycles. The van der Waals surface area contributed by atoms with E-state index in [4.69, 9.17) is 14.2 Å². The second kappa shape index (κ2) is 7.99. The first-order valence-corrected chi connectivity index (χ1v) is 8.85. The molecule has 0 spiro atoms.